The number of fused-ring (bicyclic) bond motifs is 2. The molecule has 0 aliphatic carbocycles. The van der Waals surface area contributed by atoms with Crippen LogP contribution < -0.4 is 14.8 Å². The second kappa shape index (κ2) is 8.25. The third kappa shape index (κ3) is 4.27. The van der Waals surface area contributed by atoms with E-state index in [9.17, 15) is 17.6 Å². The summed E-state index contributed by atoms with van der Waals surface area (Å²) in [6, 6.07) is 17.6. The van der Waals surface area contributed by atoms with Gasteiger partial charge in [-0.25, -0.2) is 12.8 Å². The standard InChI is InChI=1S/C24H19FN2O5S/c25-17-5-3-4-16(10-17)14-33(29,30)23-12-27(20-7-2-1-6-19(20)23)13-24(28)26-18-8-9-21-22(11-18)32-15-31-21/h1-12H,13-15H2,(H,26,28). The molecule has 0 spiro atoms. The second-order valence-electron chi connectivity index (χ2n) is 7.64. The van der Waals surface area contributed by atoms with Crippen LogP contribution in [0.15, 0.2) is 77.8 Å². The average Bonchev–Trinajstić information content (AvgIpc) is 3.38. The molecule has 168 valence electrons. The van der Waals surface area contributed by atoms with Crippen molar-refractivity contribution in [2.24, 2.45) is 0 Å². The Labute approximate surface area is 189 Å². The third-order valence-corrected chi connectivity index (χ3v) is 7.01. The van der Waals surface area contributed by atoms with Gasteiger partial charge in [0.05, 0.1) is 10.6 Å². The number of sulfone groups is 1. The molecule has 5 rings (SSSR count). The first-order valence-electron chi connectivity index (χ1n) is 10.1. The van der Waals surface area contributed by atoms with Gasteiger partial charge in [-0.1, -0.05) is 30.3 Å². The van der Waals surface area contributed by atoms with Gasteiger partial charge in [-0.15, -0.1) is 0 Å². The van der Waals surface area contributed by atoms with Crippen LogP contribution in [0.3, 0.4) is 0 Å². The molecule has 1 aliphatic heterocycles. The molecule has 1 aliphatic rings. The lowest BCUT2D eigenvalue weighted by molar-refractivity contribution is -0.116. The lowest BCUT2D eigenvalue weighted by atomic mass is 10.2. The summed E-state index contributed by atoms with van der Waals surface area (Å²) in [5.74, 6) is -0.0150. The van der Waals surface area contributed by atoms with Gasteiger partial charge in [0, 0.05) is 28.9 Å². The van der Waals surface area contributed by atoms with Crippen LogP contribution in [0.5, 0.6) is 11.5 Å². The zero-order chi connectivity index (χ0) is 23.0. The van der Waals surface area contributed by atoms with Crippen molar-refractivity contribution in [3.63, 3.8) is 0 Å². The minimum absolute atomic E-state index is 0.0928. The lowest BCUT2D eigenvalue weighted by Gasteiger charge is -2.08. The summed E-state index contributed by atoms with van der Waals surface area (Å²) in [4.78, 5) is 12.8. The molecule has 0 saturated heterocycles. The number of amides is 1. The van der Waals surface area contributed by atoms with E-state index in [1.807, 2.05) is 0 Å². The van der Waals surface area contributed by atoms with Crippen LogP contribution in [-0.2, 0) is 26.9 Å². The summed E-state index contributed by atoms with van der Waals surface area (Å²) in [7, 11) is -3.79. The molecule has 4 aromatic rings. The van der Waals surface area contributed by atoms with Gasteiger partial charge in [0.2, 0.25) is 12.7 Å². The van der Waals surface area contributed by atoms with Crippen LogP contribution in [0, 0.1) is 5.82 Å². The molecule has 0 bridgehead atoms. The first kappa shape index (κ1) is 21.0. The number of hydrogen-bond donors (Lipinski definition) is 1. The van der Waals surface area contributed by atoms with E-state index in [4.69, 9.17) is 9.47 Å². The molecule has 0 saturated carbocycles. The maximum atomic E-state index is 13.5. The summed E-state index contributed by atoms with van der Waals surface area (Å²) >= 11 is 0. The molecule has 2 heterocycles. The van der Waals surface area contributed by atoms with Crippen LogP contribution in [0.2, 0.25) is 0 Å². The monoisotopic (exact) mass is 466 g/mol. The molecule has 1 aromatic heterocycles. The minimum atomic E-state index is -3.79. The van der Waals surface area contributed by atoms with Crippen LogP contribution in [0.25, 0.3) is 10.9 Å². The molecule has 1 amide bonds. The number of anilines is 1. The van der Waals surface area contributed by atoms with Crippen LogP contribution in [0.1, 0.15) is 5.56 Å². The Kier molecular flexibility index (Phi) is 5.26. The fourth-order valence-electron chi connectivity index (χ4n) is 3.85. The van der Waals surface area contributed by atoms with Gasteiger partial charge < -0.3 is 19.4 Å². The summed E-state index contributed by atoms with van der Waals surface area (Å²) in [6.45, 7) is 0.0411. The Bertz CT molecular complexity index is 1480. The average molecular weight is 466 g/mol. The van der Waals surface area contributed by atoms with Gasteiger partial charge in [0.15, 0.2) is 21.3 Å². The van der Waals surface area contributed by atoms with Crippen molar-refractivity contribution < 1.29 is 27.1 Å². The summed E-state index contributed by atoms with van der Waals surface area (Å²) in [6.07, 6.45) is 1.46. The summed E-state index contributed by atoms with van der Waals surface area (Å²) in [5.41, 5.74) is 1.50. The number of carbonyl (C=O) groups excluding carboxylic acids is 1. The molecular formula is C24H19FN2O5S. The highest BCUT2D eigenvalue weighted by Crippen LogP contribution is 2.34. The van der Waals surface area contributed by atoms with Gasteiger partial charge in [-0.3, -0.25) is 4.79 Å². The molecule has 7 nitrogen and oxygen atoms in total. The van der Waals surface area contributed by atoms with Crippen molar-refractivity contribution in [3.05, 3.63) is 84.3 Å². The largest absolute Gasteiger partial charge is 0.454 e. The van der Waals surface area contributed by atoms with E-state index in [1.165, 1.54) is 24.4 Å². The fourth-order valence-corrected chi connectivity index (χ4v) is 5.41. The summed E-state index contributed by atoms with van der Waals surface area (Å²) in [5, 5.41) is 3.30. The highest BCUT2D eigenvalue weighted by Gasteiger charge is 2.23. The van der Waals surface area contributed by atoms with E-state index in [0.717, 1.165) is 0 Å². The van der Waals surface area contributed by atoms with Gasteiger partial charge in [-0.05, 0) is 35.9 Å². The van der Waals surface area contributed by atoms with Crippen molar-refractivity contribution in [2.75, 3.05) is 12.1 Å². The van der Waals surface area contributed by atoms with Crippen molar-refractivity contribution in [1.29, 1.82) is 0 Å². The van der Waals surface area contributed by atoms with Gasteiger partial charge in [0.1, 0.15) is 12.4 Å². The van der Waals surface area contributed by atoms with Crippen molar-refractivity contribution in [2.45, 2.75) is 17.2 Å². The molecule has 0 atom stereocenters. The molecule has 0 unspecified atom stereocenters. The predicted octanol–water partition coefficient (Wildman–Crippen LogP) is 4.12. The molecule has 9 heteroatoms. The number of nitrogens with one attached hydrogen (secondary N) is 1. The Morgan fingerprint density at radius 3 is 2.67 bits per heavy atom. The Hall–Kier alpha value is -3.85. The summed E-state index contributed by atoms with van der Waals surface area (Å²) < 4.78 is 52.1. The number of rotatable bonds is 6. The van der Waals surface area contributed by atoms with Crippen LogP contribution in [-0.4, -0.2) is 25.7 Å². The normalized spacial score (nSPS) is 12.8. The highest BCUT2D eigenvalue weighted by atomic mass is 32.2. The molecule has 0 radical (unpaired) electrons. The Morgan fingerprint density at radius 1 is 1.00 bits per heavy atom. The fraction of sp³-hybridized carbons (Fsp3) is 0.125. The highest BCUT2D eigenvalue weighted by molar-refractivity contribution is 7.90. The third-order valence-electron chi connectivity index (χ3n) is 5.30. The predicted molar refractivity (Wildman–Crippen MR) is 120 cm³/mol. The maximum Gasteiger partial charge on any atom is 0.244 e. The molecule has 0 fully saturated rings. The first-order valence-corrected chi connectivity index (χ1v) is 11.8. The van der Waals surface area contributed by atoms with Gasteiger partial charge in [-0.2, -0.15) is 0 Å². The first-order chi connectivity index (χ1) is 15.9. The van der Waals surface area contributed by atoms with Gasteiger partial charge >= 0.3 is 0 Å². The number of para-hydroxylation sites is 1. The maximum absolute atomic E-state index is 13.5. The molecule has 1 N–H and O–H groups in total. The SMILES string of the molecule is O=C(Cn1cc(S(=O)(=O)Cc2cccc(F)c2)c2ccccc21)Nc1ccc2c(c1)OCO2. The zero-order valence-corrected chi connectivity index (χ0v) is 18.1. The smallest absolute Gasteiger partial charge is 0.244 e. The zero-order valence-electron chi connectivity index (χ0n) is 17.3. The van der Waals surface area contributed by atoms with Crippen molar-refractivity contribution in [3.8, 4) is 11.5 Å². The molecular weight excluding hydrogens is 447 g/mol. The number of ether oxygens (including phenoxy) is 2. The quantitative estimate of drug-likeness (QED) is 0.462. The lowest BCUT2D eigenvalue weighted by Crippen LogP contribution is -2.18. The number of halogens is 1. The Balaban J connectivity index is 1.42. The number of aromatic nitrogens is 1. The van der Waals surface area contributed by atoms with Crippen LogP contribution in [0.4, 0.5) is 10.1 Å². The van der Waals surface area contributed by atoms with E-state index in [-0.39, 0.29) is 29.9 Å². The number of benzene rings is 3. The van der Waals surface area contributed by atoms with Crippen LogP contribution >= 0.6 is 0 Å². The number of hydrogen-bond acceptors (Lipinski definition) is 5. The van der Waals surface area contributed by atoms with E-state index in [2.05, 4.69) is 5.32 Å². The van der Waals surface area contributed by atoms with E-state index in [0.29, 0.717) is 33.7 Å². The van der Waals surface area contributed by atoms with Crippen molar-refractivity contribution in [1.82, 2.24) is 4.57 Å². The van der Waals surface area contributed by atoms with Gasteiger partial charge in [0.25, 0.3) is 0 Å². The topological polar surface area (TPSA) is 86.6 Å². The minimum Gasteiger partial charge on any atom is -0.454 e. The number of nitrogens with zero attached hydrogens (tertiary/aromatic N) is 1. The molecule has 3 aromatic carbocycles. The Morgan fingerprint density at radius 2 is 1.82 bits per heavy atom. The van der Waals surface area contributed by atoms with E-state index in [1.54, 1.807) is 53.1 Å². The van der Waals surface area contributed by atoms with E-state index >= 15 is 0 Å². The number of carbonyl (C=O) groups is 1. The second-order valence-corrected chi connectivity index (χ2v) is 9.60. The van der Waals surface area contributed by atoms with E-state index < -0.39 is 15.7 Å². The van der Waals surface area contributed by atoms with Crippen molar-refractivity contribution >= 4 is 32.3 Å². The molecule has 33 heavy (non-hydrogen) atoms.